The molecule has 82 valence electrons. The van der Waals surface area contributed by atoms with Gasteiger partial charge in [0.2, 0.25) is 0 Å². The number of hydrogen-bond acceptors (Lipinski definition) is 2. The minimum Gasteiger partial charge on any atom is -0.389 e. The molecule has 2 fully saturated rings. The number of aliphatic hydroxyl groups is 1. The van der Waals surface area contributed by atoms with Crippen LogP contribution in [-0.2, 0) is 0 Å². The van der Waals surface area contributed by atoms with Gasteiger partial charge in [-0.25, -0.2) is 0 Å². The van der Waals surface area contributed by atoms with E-state index < -0.39 is 0 Å². The Hall–Kier alpha value is -0.0800. The normalized spacial score (nSPS) is 48.6. The maximum absolute atomic E-state index is 10.6. The van der Waals surface area contributed by atoms with Crippen LogP contribution in [0.25, 0.3) is 0 Å². The Bertz CT molecular complexity index is 206. The Morgan fingerprint density at radius 3 is 2.79 bits per heavy atom. The van der Waals surface area contributed by atoms with E-state index >= 15 is 0 Å². The van der Waals surface area contributed by atoms with E-state index in [2.05, 4.69) is 19.2 Å². The Morgan fingerprint density at radius 2 is 2.07 bits per heavy atom. The molecule has 1 aliphatic carbocycles. The van der Waals surface area contributed by atoms with Gasteiger partial charge in [0, 0.05) is 18.0 Å². The van der Waals surface area contributed by atoms with E-state index in [-0.39, 0.29) is 5.60 Å². The Kier molecular flexibility index (Phi) is 2.85. The third-order valence-electron chi connectivity index (χ3n) is 4.23. The van der Waals surface area contributed by atoms with Crippen LogP contribution >= 0.6 is 0 Å². The molecule has 1 saturated carbocycles. The van der Waals surface area contributed by atoms with Crippen molar-refractivity contribution in [2.45, 2.75) is 70.1 Å². The summed E-state index contributed by atoms with van der Waals surface area (Å²) in [5.74, 6) is 0.512. The zero-order chi connectivity index (χ0) is 10.2. The molecule has 1 saturated heterocycles. The van der Waals surface area contributed by atoms with Gasteiger partial charge >= 0.3 is 0 Å². The summed E-state index contributed by atoms with van der Waals surface area (Å²) in [6.07, 6.45) is 6.97. The summed E-state index contributed by atoms with van der Waals surface area (Å²) in [7, 11) is 0. The van der Waals surface area contributed by atoms with Gasteiger partial charge in [-0.1, -0.05) is 19.8 Å². The van der Waals surface area contributed by atoms with Crippen molar-refractivity contribution in [3.63, 3.8) is 0 Å². The minimum atomic E-state index is -0.379. The van der Waals surface area contributed by atoms with Gasteiger partial charge in [-0.3, -0.25) is 0 Å². The maximum atomic E-state index is 10.6. The topological polar surface area (TPSA) is 32.3 Å². The molecule has 4 atom stereocenters. The number of nitrogens with one attached hydrogen (secondary N) is 1. The van der Waals surface area contributed by atoms with E-state index in [0.29, 0.717) is 18.0 Å². The Labute approximate surface area is 87.1 Å². The van der Waals surface area contributed by atoms with Crippen molar-refractivity contribution in [1.82, 2.24) is 5.32 Å². The van der Waals surface area contributed by atoms with E-state index in [1.807, 2.05) is 0 Å². The van der Waals surface area contributed by atoms with Crippen LogP contribution in [0.1, 0.15) is 52.4 Å². The van der Waals surface area contributed by atoms with Gasteiger partial charge in [-0.2, -0.15) is 0 Å². The van der Waals surface area contributed by atoms with Gasteiger partial charge in [0.15, 0.2) is 0 Å². The second-order valence-electron chi connectivity index (χ2n) is 5.23. The lowest BCUT2D eigenvalue weighted by Gasteiger charge is -2.50. The molecular formula is C12H23NO. The third kappa shape index (κ3) is 1.70. The summed E-state index contributed by atoms with van der Waals surface area (Å²) >= 11 is 0. The van der Waals surface area contributed by atoms with Gasteiger partial charge in [0.05, 0.1) is 5.60 Å². The van der Waals surface area contributed by atoms with Crippen LogP contribution < -0.4 is 5.32 Å². The summed E-state index contributed by atoms with van der Waals surface area (Å²) < 4.78 is 0. The predicted molar refractivity (Wildman–Crippen MR) is 58.2 cm³/mol. The number of rotatable bonds is 1. The fourth-order valence-electron chi connectivity index (χ4n) is 3.49. The third-order valence-corrected chi connectivity index (χ3v) is 4.23. The summed E-state index contributed by atoms with van der Waals surface area (Å²) in [6.45, 7) is 4.33. The number of piperidine rings is 1. The van der Waals surface area contributed by atoms with Crippen molar-refractivity contribution in [3.8, 4) is 0 Å². The van der Waals surface area contributed by atoms with Gasteiger partial charge in [-0.15, -0.1) is 0 Å². The lowest BCUT2D eigenvalue weighted by atomic mass is 9.67. The average molecular weight is 197 g/mol. The molecule has 1 heterocycles. The van der Waals surface area contributed by atoms with E-state index in [0.717, 1.165) is 12.8 Å². The molecular weight excluding hydrogens is 174 g/mol. The lowest BCUT2D eigenvalue weighted by molar-refractivity contribution is -0.0856. The molecule has 0 bridgehead atoms. The quantitative estimate of drug-likeness (QED) is 0.674. The molecule has 0 aromatic carbocycles. The van der Waals surface area contributed by atoms with E-state index in [4.69, 9.17) is 0 Å². The molecule has 2 nitrogen and oxygen atoms in total. The summed E-state index contributed by atoms with van der Waals surface area (Å²) in [5.41, 5.74) is -0.379. The van der Waals surface area contributed by atoms with Gasteiger partial charge in [0.25, 0.3) is 0 Å². The summed E-state index contributed by atoms with van der Waals surface area (Å²) in [6, 6.07) is 1.07. The second kappa shape index (κ2) is 3.82. The van der Waals surface area contributed by atoms with Crippen molar-refractivity contribution in [2.75, 3.05) is 0 Å². The average Bonchev–Trinajstić information content (AvgIpc) is 2.17. The fraction of sp³-hybridized carbons (Fsp3) is 1.00. The van der Waals surface area contributed by atoms with Crippen LogP contribution in [0.15, 0.2) is 0 Å². The highest BCUT2D eigenvalue weighted by atomic mass is 16.3. The largest absolute Gasteiger partial charge is 0.389 e. The first-order valence-corrected chi connectivity index (χ1v) is 6.14. The van der Waals surface area contributed by atoms with Gasteiger partial charge < -0.3 is 10.4 Å². The highest BCUT2D eigenvalue weighted by Crippen LogP contribution is 2.40. The SMILES string of the molecule is CCC1(O)CC(C)NC2CCCCC21. The second-order valence-corrected chi connectivity index (χ2v) is 5.23. The fourth-order valence-corrected chi connectivity index (χ4v) is 3.49. The Morgan fingerprint density at radius 1 is 1.36 bits per heavy atom. The zero-order valence-corrected chi connectivity index (χ0v) is 9.42. The highest BCUT2D eigenvalue weighted by Gasteiger charge is 2.45. The zero-order valence-electron chi connectivity index (χ0n) is 9.42. The first-order valence-electron chi connectivity index (χ1n) is 6.14. The predicted octanol–water partition coefficient (Wildman–Crippen LogP) is 2.07. The highest BCUT2D eigenvalue weighted by molar-refractivity contribution is 5.01. The van der Waals surface area contributed by atoms with E-state index in [9.17, 15) is 5.11 Å². The number of fused-ring (bicyclic) bond motifs is 1. The molecule has 4 unspecified atom stereocenters. The van der Waals surface area contributed by atoms with Crippen LogP contribution in [0.5, 0.6) is 0 Å². The van der Waals surface area contributed by atoms with Crippen molar-refractivity contribution >= 4 is 0 Å². The summed E-state index contributed by atoms with van der Waals surface area (Å²) in [4.78, 5) is 0. The van der Waals surface area contributed by atoms with Crippen molar-refractivity contribution in [1.29, 1.82) is 0 Å². The Balaban J connectivity index is 2.15. The molecule has 0 radical (unpaired) electrons. The smallest absolute Gasteiger partial charge is 0.0702 e. The molecule has 2 heteroatoms. The van der Waals surface area contributed by atoms with E-state index in [1.165, 1.54) is 25.7 Å². The molecule has 14 heavy (non-hydrogen) atoms. The lowest BCUT2D eigenvalue weighted by Crippen LogP contribution is -2.60. The van der Waals surface area contributed by atoms with Crippen molar-refractivity contribution < 1.29 is 5.11 Å². The molecule has 2 N–H and O–H groups in total. The minimum absolute atomic E-state index is 0.379. The molecule has 2 aliphatic rings. The standard InChI is InChI=1S/C12H23NO/c1-3-12(14)8-9(2)13-11-7-5-4-6-10(11)12/h9-11,13-14H,3-8H2,1-2H3. The number of hydrogen-bond donors (Lipinski definition) is 2. The first-order chi connectivity index (χ1) is 6.65. The first kappa shape index (κ1) is 10.4. The molecule has 0 amide bonds. The van der Waals surface area contributed by atoms with Crippen LogP contribution in [0.4, 0.5) is 0 Å². The van der Waals surface area contributed by atoms with Gasteiger partial charge in [0.1, 0.15) is 0 Å². The van der Waals surface area contributed by atoms with Crippen LogP contribution in [0.3, 0.4) is 0 Å². The van der Waals surface area contributed by atoms with Crippen molar-refractivity contribution in [2.24, 2.45) is 5.92 Å². The molecule has 2 rings (SSSR count). The van der Waals surface area contributed by atoms with E-state index in [1.54, 1.807) is 0 Å². The molecule has 1 aliphatic heterocycles. The maximum Gasteiger partial charge on any atom is 0.0702 e. The molecule has 0 spiro atoms. The molecule has 0 aromatic rings. The van der Waals surface area contributed by atoms with Crippen LogP contribution in [0, 0.1) is 5.92 Å². The summed E-state index contributed by atoms with van der Waals surface area (Å²) in [5, 5.41) is 14.3. The van der Waals surface area contributed by atoms with Crippen molar-refractivity contribution in [3.05, 3.63) is 0 Å². The monoisotopic (exact) mass is 197 g/mol. The van der Waals surface area contributed by atoms with Crippen LogP contribution in [-0.4, -0.2) is 22.8 Å². The van der Waals surface area contributed by atoms with Gasteiger partial charge in [-0.05, 0) is 32.6 Å². The van der Waals surface area contributed by atoms with Crippen LogP contribution in [0.2, 0.25) is 0 Å². The molecule has 0 aromatic heterocycles.